The predicted octanol–water partition coefficient (Wildman–Crippen LogP) is 4.30. The van der Waals surface area contributed by atoms with Gasteiger partial charge in [0, 0.05) is 12.1 Å². The number of hydrogen-bond donors (Lipinski definition) is 1. The fraction of sp³-hybridized carbons (Fsp3) is 0.235. The number of halogens is 3. The Morgan fingerprint density at radius 2 is 1.81 bits per heavy atom. The number of nitrogens with one attached hydrogen (secondary N) is 1. The topological polar surface area (TPSA) is 75.7 Å². The second-order valence-corrected chi connectivity index (χ2v) is 8.75. The quantitative estimate of drug-likeness (QED) is 0.681. The number of carbonyl (C=O) groups excluding carboxylic acids is 1. The van der Waals surface area contributed by atoms with Crippen LogP contribution in [0.25, 0.3) is 0 Å². The molecule has 0 aromatic heterocycles. The lowest BCUT2D eigenvalue weighted by Crippen LogP contribution is -2.35. The minimum Gasteiger partial charge on any atom is -0.492 e. The van der Waals surface area contributed by atoms with E-state index in [4.69, 9.17) is 39.5 Å². The zero-order chi connectivity index (χ0) is 20.2. The molecule has 0 aliphatic heterocycles. The summed E-state index contributed by atoms with van der Waals surface area (Å²) in [5, 5.41) is 3.38. The van der Waals surface area contributed by atoms with E-state index in [1.54, 1.807) is 13.0 Å². The average Bonchev–Trinajstić information content (AvgIpc) is 2.59. The highest BCUT2D eigenvalue weighted by Gasteiger charge is 2.24. The number of nitrogens with zero attached hydrogens (tertiary/aromatic N) is 1. The van der Waals surface area contributed by atoms with Crippen molar-refractivity contribution >= 4 is 56.4 Å². The summed E-state index contributed by atoms with van der Waals surface area (Å²) >= 11 is 17.9. The number of likely N-dealkylation sites (N-methyl/N-ethyl adjacent to an activating group) is 1. The highest BCUT2D eigenvalue weighted by Crippen LogP contribution is 2.29. The van der Waals surface area contributed by atoms with Gasteiger partial charge >= 0.3 is 0 Å². The van der Waals surface area contributed by atoms with Crippen LogP contribution in [0.2, 0.25) is 15.1 Å². The fourth-order valence-electron chi connectivity index (χ4n) is 2.16. The molecule has 0 atom stereocenters. The Morgan fingerprint density at radius 3 is 2.44 bits per heavy atom. The smallest absolute Gasteiger partial charge is 0.243 e. The van der Waals surface area contributed by atoms with Crippen LogP contribution in [0.3, 0.4) is 0 Å². The lowest BCUT2D eigenvalue weighted by molar-refractivity contribution is -0.116. The summed E-state index contributed by atoms with van der Waals surface area (Å²) in [7, 11) is -2.63. The Morgan fingerprint density at radius 1 is 1.11 bits per heavy atom. The molecule has 27 heavy (non-hydrogen) atoms. The summed E-state index contributed by atoms with van der Waals surface area (Å²) < 4.78 is 31.5. The van der Waals surface area contributed by atoms with Gasteiger partial charge in [-0.3, -0.25) is 4.79 Å². The molecular weight excluding hydrogens is 435 g/mol. The number of hydrogen-bond acceptors (Lipinski definition) is 4. The molecule has 0 saturated heterocycles. The maximum absolute atomic E-state index is 12.7. The zero-order valence-corrected chi connectivity index (χ0v) is 17.6. The largest absolute Gasteiger partial charge is 0.492 e. The first kappa shape index (κ1) is 21.8. The fourth-order valence-corrected chi connectivity index (χ4v) is 3.96. The van der Waals surface area contributed by atoms with E-state index < -0.39 is 22.5 Å². The normalized spacial score (nSPS) is 11.5. The van der Waals surface area contributed by atoms with E-state index >= 15 is 0 Å². The van der Waals surface area contributed by atoms with Crippen molar-refractivity contribution in [3.05, 3.63) is 51.5 Å². The maximum Gasteiger partial charge on any atom is 0.243 e. The van der Waals surface area contributed by atoms with E-state index in [2.05, 4.69) is 5.32 Å². The van der Waals surface area contributed by atoms with Gasteiger partial charge in [-0.25, -0.2) is 8.42 Å². The zero-order valence-electron chi connectivity index (χ0n) is 14.5. The third kappa shape index (κ3) is 5.49. The van der Waals surface area contributed by atoms with E-state index in [0.717, 1.165) is 4.31 Å². The Labute approximate surface area is 173 Å². The number of ether oxygens (including phenoxy) is 1. The Balaban J connectivity index is 2.13. The second kappa shape index (κ2) is 9.12. The SMILES string of the molecule is CCOc1ccc(S(=O)(=O)N(C)CC(=O)Nc2cc(Cl)ccc2Cl)cc1Cl. The average molecular weight is 452 g/mol. The van der Waals surface area contributed by atoms with Crippen LogP contribution in [0.5, 0.6) is 5.75 Å². The molecule has 0 fully saturated rings. The van der Waals surface area contributed by atoms with E-state index in [1.807, 2.05) is 0 Å². The molecule has 2 aromatic rings. The summed E-state index contributed by atoms with van der Waals surface area (Å²) in [6.45, 7) is 1.77. The molecule has 0 aliphatic rings. The molecule has 10 heteroatoms. The van der Waals surface area contributed by atoms with Crippen LogP contribution >= 0.6 is 34.8 Å². The van der Waals surface area contributed by atoms with Gasteiger partial charge in [0.1, 0.15) is 5.75 Å². The third-order valence-electron chi connectivity index (χ3n) is 3.48. The van der Waals surface area contributed by atoms with Gasteiger partial charge < -0.3 is 10.1 Å². The molecule has 0 heterocycles. The molecule has 1 N–H and O–H groups in total. The van der Waals surface area contributed by atoms with E-state index in [-0.39, 0.29) is 14.9 Å². The van der Waals surface area contributed by atoms with Crippen LogP contribution in [-0.2, 0) is 14.8 Å². The highest BCUT2D eigenvalue weighted by molar-refractivity contribution is 7.89. The van der Waals surface area contributed by atoms with Crippen LogP contribution in [-0.4, -0.2) is 38.8 Å². The van der Waals surface area contributed by atoms with Crippen molar-refractivity contribution in [1.82, 2.24) is 4.31 Å². The molecule has 0 saturated carbocycles. The van der Waals surface area contributed by atoms with Crippen LogP contribution in [0.4, 0.5) is 5.69 Å². The van der Waals surface area contributed by atoms with Crippen molar-refractivity contribution in [3.63, 3.8) is 0 Å². The molecule has 2 rings (SSSR count). The second-order valence-electron chi connectivity index (χ2n) is 5.46. The summed E-state index contributed by atoms with van der Waals surface area (Å²) in [5.41, 5.74) is 0.295. The van der Waals surface area contributed by atoms with Gasteiger partial charge in [0.05, 0.1) is 33.8 Å². The van der Waals surface area contributed by atoms with Gasteiger partial charge in [0.15, 0.2) is 0 Å². The number of carbonyl (C=O) groups is 1. The van der Waals surface area contributed by atoms with Crippen LogP contribution in [0.15, 0.2) is 41.3 Å². The van der Waals surface area contributed by atoms with Gasteiger partial charge in [-0.2, -0.15) is 4.31 Å². The van der Waals surface area contributed by atoms with E-state index in [0.29, 0.717) is 23.1 Å². The number of amides is 1. The van der Waals surface area contributed by atoms with Gasteiger partial charge in [0.25, 0.3) is 0 Å². The Bertz CT molecular complexity index is 951. The van der Waals surface area contributed by atoms with E-state index in [9.17, 15) is 13.2 Å². The van der Waals surface area contributed by atoms with Crippen molar-refractivity contribution in [3.8, 4) is 5.75 Å². The third-order valence-corrected chi connectivity index (χ3v) is 6.14. The summed E-state index contributed by atoms with van der Waals surface area (Å²) in [5.74, 6) is -0.184. The molecule has 0 spiro atoms. The number of sulfonamides is 1. The number of rotatable bonds is 7. The first-order valence-electron chi connectivity index (χ1n) is 7.78. The first-order chi connectivity index (χ1) is 12.6. The van der Waals surface area contributed by atoms with Gasteiger partial charge in [-0.15, -0.1) is 0 Å². The van der Waals surface area contributed by atoms with E-state index in [1.165, 1.54) is 37.4 Å². The molecule has 0 bridgehead atoms. The van der Waals surface area contributed by atoms with Crippen LogP contribution < -0.4 is 10.1 Å². The van der Waals surface area contributed by atoms with Gasteiger partial charge in [-0.05, 0) is 43.3 Å². The highest BCUT2D eigenvalue weighted by atomic mass is 35.5. The van der Waals surface area contributed by atoms with Crippen molar-refractivity contribution in [2.24, 2.45) is 0 Å². The van der Waals surface area contributed by atoms with Crippen LogP contribution in [0, 0.1) is 0 Å². The molecule has 6 nitrogen and oxygen atoms in total. The number of anilines is 1. The van der Waals surface area contributed by atoms with Crippen molar-refractivity contribution in [1.29, 1.82) is 0 Å². The van der Waals surface area contributed by atoms with Crippen molar-refractivity contribution in [2.75, 3.05) is 25.5 Å². The molecule has 2 aromatic carbocycles. The van der Waals surface area contributed by atoms with Crippen LogP contribution in [0.1, 0.15) is 6.92 Å². The molecule has 1 amide bonds. The standard InChI is InChI=1S/C17H17Cl3N2O4S/c1-3-26-16-7-5-12(9-14(16)20)27(24,25)22(2)10-17(23)21-15-8-11(18)4-6-13(15)19/h4-9H,3,10H2,1-2H3,(H,21,23). The van der Waals surface area contributed by atoms with Crippen molar-refractivity contribution in [2.45, 2.75) is 11.8 Å². The predicted molar refractivity (Wildman–Crippen MR) is 108 cm³/mol. The lowest BCUT2D eigenvalue weighted by atomic mass is 10.3. The minimum absolute atomic E-state index is 0.0490. The minimum atomic E-state index is -3.93. The molecule has 0 aliphatic carbocycles. The molecule has 146 valence electrons. The first-order valence-corrected chi connectivity index (χ1v) is 10.4. The number of benzene rings is 2. The Kier molecular flexibility index (Phi) is 7.36. The Hall–Kier alpha value is -1.51. The maximum atomic E-state index is 12.7. The monoisotopic (exact) mass is 450 g/mol. The summed E-state index contributed by atoms with van der Waals surface area (Å²) in [6, 6.07) is 8.70. The molecule has 0 radical (unpaired) electrons. The molecule has 0 unspecified atom stereocenters. The van der Waals surface area contributed by atoms with Gasteiger partial charge in [0.2, 0.25) is 15.9 Å². The summed E-state index contributed by atoms with van der Waals surface area (Å²) in [4.78, 5) is 12.2. The molecular formula is C17H17Cl3N2O4S. The van der Waals surface area contributed by atoms with Crippen molar-refractivity contribution < 1.29 is 17.9 Å². The summed E-state index contributed by atoms with van der Waals surface area (Å²) in [6.07, 6.45) is 0. The lowest BCUT2D eigenvalue weighted by Gasteiger charge is -2.18. The van der Waals surface area contributed by atoms with Gasteiger partial charge in [-0.1, -0.05) is 34.8 Å².